The number of aryl methyl sites for hydroxylation is 1. The van der Waals surface area contributed by atoms with E-state index in [1.54, 1.807) is 32.4 Å². The normalized spacial score (nSPS) is 10.2. The number of hydrogen-bond acceptors (Lipinski definition) is 5. The van der Waals surface area contributed by atoms with Gasteiger partial charge in [0.25, 0.3) is 5.91 Å². The molecule has 0 aliphatic heterocycles. The van der Waals surface area contributed by atoms with Crippen LogP contribution in [0.3, 0.4) is 0 Å². The van der Waals surface area contributed by atoms with Gasteiger partial charge in [-0.05, 0) is 19.1 Å². The third-order valence-electron chi connectivity index (χ3n) is 2.96. The van der Waals surface area contributed by atoms with Gasteiger partial charge in [-0.3, -0.25) is 4.79 Å². The summed E-state index contributed by atoms with van der Waals surface area (Å²) in [7, 11) is 3.09. The number of ether oxygens (including phenoxy) is 2. The van der Waals surface area contributed by atoms with E-state index in [1.807, 2.05) is 13.0 Å². The molecule has 0 radical (unpaired) electrons. The number of benzene rings is 1. The first-order valence-electron chi connectivity index (χ1n) is 6.56. The van der Waals surface area contributed by atoms with Crippen LogP contribution >= 0.6 is 0 Å². The van der Waals surface area contributed by atoms with Crippen LogP contribution in [0.5, 0.6) is 11.5 Å². The standard InChI is InChI=1S/C15H18N2O4/c1-10-6-12(17-21-10)4-5-16-15(18)11-7-13(19-2)9-14(8-11)20-3/h6-9H,4-5H2,1-3H3,(H,16,18). The fourth-order valence-electron chi connectivity index (χ4n) is 1.88. The summed E-state index contributed by atoms with van der Waals surface area (Å²) in [5.74, 6) is 1.72. The van der Waals surface area contributed by atoms with Crippen molar-refractivity contribution >= 4 is 5.91 Å². The maximum atomic E-state index is 12.1. The van der Waals surface area contributed by atoms with Crippen LogP contribution in [0.1, 0.15) is 21.8 Å². The molecular formula is C15H18N2O4. The van der Waals surface area contributed by atoms with Gasteiger partial charge in [0.1, 0.15) is 17.3 Å². The number of rotatable bonds is 6. The molecule has 0 aliphatic carbocycles. The molecule has 0 bridgehead atoms. The first kappa shape index (κ1) is 14.9. The van der Waals surface area contributed by atoms with Crippen molar-refractivity contribution in [3.05, 3.63) is 41.3 Å². The Hall–Kier alpha value is -2.50. The number of carbonyl (C=O) groups is 1. The van der Waals surface area contributed by atoms with Crippen molar-refractivity contribution in [3.63, 3.8) is 0 Å². The maximum absolute atomic E-state index is 12.1. The molecule has 1 aromatic carbocycles. The average molecular weight is 290 g/mol. The monoisotopic (exact) mass is 290 g/mol. The number of amides is 1. The highest BCUT2D eigenvalue weighted by atomic mass is 16.5. The van der Waals surface area contributed by atoms with E-state index in [0.717, 1.165) is 11.5 Å². The molecule has 0 fully saturated rings. The smallest absolute Gasteiger partial charge is 0.251 e. The summed E-state index contributed by atoms with van der Waals surface area (Å²) in [5, 5.41) is 6.70. The Morgan fingerprint density at radius 1 is 1.19 bits per heavy atom. The van der Waals surface area contributed by atoms with Crippen molar-refractivity contribution < 1.29 is 18.8 Å². The lowest BCUT2D eigenvalue weighted by Gasteiger charge is -2.08. The maximum Gasteiger partial charge on any atom is 0.251 e. The van der Waals surface area contributed by atoms with Crippen LogP contribution in [-0.2, 0) is 6.42 Å². The Labute approximate surface area is 123 Å². The van der Waals surface area contributed by atoms with E-state index >= 15 is 0 Å². The fourth-order valence-corrected chi connectivity index (χ4v) is 1.88. The second-order valence-electron chi connectivity index (χ2n) is 4.54. The summed E-state index contributed by atoms with van der Waals surface area (Å²) in [6.07, 6.45) is 0.615. The minimum atomic E-state index is -0.188. The van der Waals surface area contributed by atoms with Gasteiger partial charge in [0.15, 0.2) is 0 Å². The summed E-state index contributed by atoms with van der Waals surface area (Å²) >= 11 is 0. The van der Waals surface area contributed by atoms with E-state index < -0.39 is 0 Å². The van der Waals surface area contributed by atoms with Crippen molar-refractivity contribution in [2.45, 2.75) is 13.3 Å². The Bertz CT molecular complexity index is 600. The molecular weight excluding hydrogens is 272 g/mol. The molecule has 1 N–H and O–H groups in total. The van der Waals surface area contributed by atoms with Crippen LogP contribution in [0.4, 0.5) is 0 Å². The minimum absolute atomic E-state index is 0.188. The molecule has 1 aromatic heterocycles. The summed E-state index contributed by atoms with van der Waals surface area (Å²) in [5.41, 5.74) is 1.30. The second-order valence-corrected chi connectivity index (χ2v) is 4.54. The zero-order valence-corrected chi connectivity index (χ0v) is 12.3. The number of hydrogen-bond donors (Lipinski definition) is 1. The van der Waals surface area contributed by atoms with E-state index in [-0.39, 0.29) is 5.91 Å². The molecule has 1 amide bonds. The number of nitrogens with one attached hydrogen (secondary N) is 1. The predicted molar refractivity (Wildman–Crippen MR) is 76.8 cm³/mol. The third-order valence-corrected chi connectivity index (χ3v) is 2.96. The third kappa shape index (κ3) is 3.98. The Morgan fingerprint density at radius 2 is 1.86 bits per heavy atom. The van der Waals surface area contributed by atoms with Gasteiger partial charge in [-0.2, -0.15) is 0 Å². The molecule has 2 aromatic rings. The predicted octanol–water partition coefficient (Wildman–Crippen LogP) is 1.97. The van der Waals surface area contributed by atoms with Gasteiger partial charge in [-0.25, -0.2) is 0 Å². The van der Waals surface area contributed by atoms with Gasteiger partial charge in [0, 0.05) is 30.7 Å². The van der Waals surface area contributed by atoms with Gasteiger partial charge in [0.2, 0.25) is 0 Å². The van der Waals surface area contributed by atoms with Gasteiger partial charge in [-0.15, -0.1) is 0 Å². The van der Waals surface area contributed by atoms with Crippen molar-refractivity contribution in [3.8, 4) is 11.5 Å². The summed E-state index contributed by atoms with van der Waals surface area (Å²) in [6.45, 7) is 2.31. The summed E-state index contributed by atoms with van der Waals surface area (Å²) < 4.78 is 15.3. The van der Waals surface area contributed by atoms with E-state index in [2.05, 4.69) is 10.5 Å². The van der Waals surface area contributed by atoms with Crippen molar-refractivity contribution in [2.24, 2.45) is 0 Å². The highest BCUT2D eigenvalue weighted by Crippen LogP contribution is 2.22. The van der Waals surface area contributed by atoms with Gasteiger partial charge >= 0.3 is 0 Å². The Kier molecular flexibility index (Phi) is 4.81. The number of aromatic nitrogens is 1. The molecule has 0 atom stereocenters. The van der Waals surface area contributed by atoms with Crippen molar-refractivity contribution in [1.82, 2.24) is 10.5 Å². The molecule has 112 valence electrons. The van der Waals surface area contributed by atoms with E-state index in [4.69, 9.17) is 14.0 Å². The first-order valence-corrected chi connectivity index (χ1v) is 6.56. The Morgan fingerprint density at radius 3 is 2.38 bits per heavy atom. The molecule has 2 rings (SSSR count). The quantitative estimate of drug-likeness (QED) is 0.880. The van der Waals surface area contributed by atoms with E-state index in [9.17, 15) is 4.79 Å². The summed E-state index contributed by atoms with van der Waals surface area (Å²) in [6, 6.07) is 6.89. The highest BCUT2D eigenvalue weighted by molar-refractivity contribution is 5.95. The van der Waals surface area contributed by atoms with Crippen molar-refractivity contribution in [2.75, 3.05) is 20.8 Å². The van der Waals surface area contributed by atoms with Gasteiger partial charge in [-0.1, -0.05) is 5.16 Å². The number of carbonyl (C=O) groups excluding carboxylic acids is 1. The fraction of sp³-hybridized carbons (Fsp3) is 0.333. The van der Waals surface area contributed by atoms with Gasteiger partial charge < -0.3 is 19.3 Å². The second kappa shape index (κ2) is 6.78. The molecule has 0 saturated heterocycles. The Balaban J connectivity index is 1.96. The van der Waals surface area contributed by atoms with Crippen LogP contribution in [0.15, 0.2) is 28.8 Å². The van der Waals surface area contributed by atoms with Crippen LogP contribution in [0.25, 0.3) is 0 Å². The van der Waals surface area contributed by atoms with Crippen molar-refractivity contribution in [1.29, 1.82) is 0 Å². The molecule has 0 spiro atoms. The topological polar surface area (TPSA) is 73.6 Å². The minimum Gasteiger partial charge on any atom is -0.497 e. The summed E-state index contributed by atoms with van der Waals surface area (Å²) in [4.78, 5) is 12.1. The molecule has 1 heterocycles. The van der Waals surface area contributed by atoms with Crippen LogP contribution in [0.2, 0.25) is 0 Å². The average Bonchev–Trinajstić information content (AvgIpc) is 2.92. The molecule has 0 saturated carbocycles. The lowest BCUT2D eigenvalue weighted by Crippen LogP contribution is -2.25. The van der Waals surface area contributed by atoms with Gasteiger partial charge in [0.05, 0.1) is 19.9 Å². The largest absolute Gasteiger partial charge is 0.497 e. The van der Waals surface area contributed by atoms with E-state index in [1.165, 1.54) is 0 Å². The van der Waals surface area contributed by atoms with Crippen LogP contribution in [-0.4, -0.2) is 31.8 Å². The molecule has 6 nitrogen and oxygen atoms in total. The van der Waals surface area contributed by atoms with E-state index in [0.29, 0.717) is 30.0 Å². The highest BCUT2D eigenvalue weighted by Gasteiger charge is 2.10. The van der Waals surface area contributed by atoms with Crippen LogP contribution in [0, 0.1) is 6.92 Å². The lowest BCUT2D eigenvalue weighted by atomic mass is 10.2. The first-order chi connectivity index (χ1) is 10.1. The zero-order chi connectivity index (χ0) is 15.2. The molecule has 0 unspecified atom stereocenters. The molecule has 0 aliphatic rings. The zero-order valence-electron chi connectivity index (χ0n) is 12.3. The SMILES string of the molecule is COc1cc(OC)cc(C(=O)NCCc2cc(C)on2)c1. The lowest BCUT2D eigenvalue weighted by molar-refractivity contribution is 0.0953. The number of methoxy groups -OCH3 is 2. The molecule has 6 heteroatoms. The number of nitrogens with zero attached hydrogens (tertiary/aromatic N) is 1. The molecule has 21 heavy (non-hydrogen) atoms. The van der Waals surface area contributed by atoms with Crippen LogP contribution < -0.4 is 14.8 Å².